The van der Waals surface area contributed by atoms with Crippen molar-refractivity contribution in [3.63, 3.8) is 0 Å². The summed E-state index contributed by atoms with van der Waals surface area (Å²) in [5, 5.41) is 12.3. The van der Waals surface area contributed by atoms with Crippen molar-refractivity contribution in [1.29, 1.82) is 0 Å². The third-order valence-corrected chi connectivity index (χ3v) is 2.23. The lowest BCUT2D eigenvalue weighted by Crippen LogP contribution is -2.33. The Kier molecular flexibility index (Phi) is 4.27. The number of carbonyl (C=O) groups excluding carboxylic acids is 1. The van der Waals surface area contributed by atoms with Crippen LogP contribution in [0, 0.1) is 6.92 Å². The molecule has 0 fully saturated rings. The predicted octanol–water partition coefficient (Wildman–Crippen LogP) is 0.103. The molecule has 0 bridgehead atoms. The van der Waals surface area contributed by atoms with Crippen LogP contribution in [0.3, 0.4) is 0 Å². The largest absolute Gasteiger partial charge is 0.387 e. The average molecular weight is 208 g/mol. The number of nitrogens with one attached hydrogen (secondary N) is 1. The Hall–Kier alpha value is -1.39. The van der Waals surface area contributed by atoms with Gasteiger partial charge in [-0.15, -0.1) is 0 Å². The third kappa shape index (κ3) is 3.34. The summed E-state index contributed by atoms with van der Waals surface area (Å²) in [6.45, 7) is 2.06. The van der Waals surface area contributed by atoms with Crippen LogP contribution in [0.25, 0.3) is 0 Å². The number of carbonyl (C=O) groups is 1. The van der Waals surface area contributed by atoms with Crippen LogP contribution in [0.15, 0.2) is 24.3 Å². The van der Waals surface area contributed by atoms with Crippen LogP contribution in [0.4, 0.5) is 0 Å². The van der Waals surface area contributed by atoms with E-state index in [1.165, 1.54) is 0 Å². The zero-order chi connectivity index (χ0) is 11.3. The number of rotatable bonds is 4. The molecule has 4 nitrogen and oxygen atoms in total. The van der Waals surface area contributed by atoms with Gasteiger partial charge in [0.05, 0.1) is 12.6 Å². The summed E-state index contributed by atoms with van der Waals surface area (Å²) in [6, 6.07) is 7.53. The average Bonchev–Trinajstić information content (AvgIpc) is 2.26. The van der Waals surface area contributed by atoms with E-state index in [9.17, 15) is 9.90 Å². The Morgan fingerprint density at radius 1 is 1.53 bits per heavy atom. The van der Waals surface area contributed by atoms with Crippen molar-refractivity contribution in [3.05, 3.63) is 35.4 Å². The SMILES string of the molecule is Cc1ccccc1C(O)CNC(=O)CN. The Balaban J connectivity index is 2.57. The Morgan fingerprint density at radius 2 is 2.20 bits per heavy atom. The van der Waals surface area contributed by atoms with Crippen molar-refractivity contribution in [1.82, 2.24) is 5.32 Å². The first-order valence-electron chi connectivity index (χ1n) is 4.85. The van der Waals surface area contributed by atoms with Gasteiger partial charge in [0, 0.05) is 6.54 Å². The van der Waals surface area contributed by atoms with Crippen molar-refractivity contribution in [3.8, 4) is 0 Å². The second-order valence-electron chi connectivity index (χ2n) is 3.38. The Labute approximate surface area is 89.1 Å². The smallest absolute Gasteiger partial charge is 0.233 e. The van der Waals surface area contributed by atoms with Crippen LogP contribution in [0.5, 0.6) is 0 Å². The number of aliphatic hydroxyl groups excluding tert-OH is 1. The van der Waals surface area contributed by atoms with Gasteiger partial charge in [0.1, 0.15) is 0 Å². The van der Waals surface area contributed by atoms with Crippen molar-refractivity contribution in [2.24, 2.45) is 5.73 Å². The standard InChI is InChI=1S/C11H16N2O2/c1-8-4-2-3-5-9(8)10(14)7-13-11(15)6-12/h2-5,10,14H,6-7,12H2,1H3,(H,13,15). The van der Waals surface area contributed by atoms with E-state index in [0.717, 1.165) is 11.1 Å². The highest BCUT2D eigenvalue weighted by molar-refractivity contribution is 5.77. The summed E-state index contributed by atoms with van der Waals surface area (Å²) in [5.74, 6) is -0.261. The topological polar surface area (TPSA) is 75.3 Å². The zero-order valence-electron chi connectivity index (χ0n) is 8.73. The minimum Gasteiger partial charge on any atom is -0.387 e. The summed E-state index contributed by atoms with van der Waals surface area (Å²) in [6.07, 6.45) is -0.679. The summed E-state index contributed by atoms with van der Waals surface area (Å²) in [7, 11) is 0. The van der Waals surface area contributed by atoms with E-state index in [-0.39, 0.29) is 19.0 Å². The first kappa shape index (κ1) is 11.7. The summed E-state index contributed by atoms with van der Waals surface area (Å²) in [5.41, 5.74) is 6.97. The van der Waals surface area contributed by atoms with E-state index in [1.54, 1.807) is 0 Å². The molecule has 1 amide bonds. The van der Waals surface area contributed by atoms with Gasteiger partial charge in [-0.3, -0.25) is 4.79 Å². The molecule has 82 valence electrons. The van der Waals surface area contributed by atoms with Crippen LogP contribution in [0.1, 0.15) is 17.2 Å². The predicted molar refractivity (Wildman–Crippen MR) is 58.2 cm³/mol. The van der Waals surface area contributed by atoms with Crippen LogP contribution >= 0.6 is 0 Å². The fourth-order valence-corrected chi connectivity index (χ4v) is 1.35. The first-order valence-corrected chi connectivity index (χ1v) is 4.85. The fourth-order valence-electron chi connectivity index (χ4n) is 1.35. The molecule has 0 aliphatic carbocycles. The molecule has 1 atom stereocenters. The summed E-state index contributed by atoms with van der Waals surface area (Å²) < 4.78 is 0. The minimum atomic E-state index is -0.679. The van der Waals surface area contributed by atoms with Gasteiger partial charge in [0.25, 0.3) is 0 Å². The highest BCUT2D eigenvalue weighted by atomic mass is 16.3. The molecule has 0 aliphatic rings. The van der Waals surface area contributed by atoms with Crippen LogP contribution < -0.4 is 11.1 Å². The molecule has 1 aromatic rings. The van der Waals surface area contributed by atoms with Gasteiger partial charge in [0.2, 0.25) is 5.91 Å². The van der Waals surface area contributed by atoms with Crippen molar-refractivity contribution in [2.75, 3.05) is 13.1 Å². The Bertz CT molecular complexity index is 339. The van der Waals surface area contributed by atoms with Gasteiger partial charge >= 0.3 is 0 Å². The molecule has 0 spiro atoms. The molecule has 15 heavy (non-hydrogen) atoms. The van der Waals surface area contributed by atoms with Crippen LogP contribution in [0.2, 0.25) is 0 Å². The molecule has 1 rings (SSSR count). The third-order valence-electron chi connectivity index (χ3n) is 2.23. The monoisotopic (exact) mass is 208 g/mol. The van der Waals surface area contributed by atoms with Gasteiger partial charge in [0.15, 0.2) is 0 Å². The van der Waals surface area contributed by atoms with E-state index in [1.807, 2.05) is 31.2 Å². The lowest BCUT2D eigenvalue weighted by atomic mass is 10.0. The maximum Gasteiger partial charge on any atom is 0.233 e. The number of aliphatic hydroxyl groups is 1. The van der Waals surface area contributed by atoms with Gasteiger partial charge in [-0.1, -0.05) is 24.3 Å². The number of amides is 1. The van der Waals surface area contributed by atoms with Gasteiger partial charge < -0.3 is 16.2 Å². The molecule has 0 aliphatic heterocycles. The molecule has 0 heterocycles. The molecular weight excluding hydrogens is 192 g/mol. The molecule has 4 heteroatoms. The molecular formula is C11H16N2O2. The molecule has 0 saturated carbocycles. The van der Waals surface area contributed by atoms with E-state index in [4.69, 9.17) is 5.73 Å². The first-order chi connectivity index (χ1) is 7.15. The zero-order valence-corrected chi connectivity index (χ0v) is 8.73. The highest BCUT2D eigenvalue weighted by Crippen LogP contribution is 2.15. The maximum atomic E-state index is 10.9. The van der Waals surface area contributed by atoms with Gasteiger partial charge in [-0.25, -0.2) is 0 Å². The van der Waals surface area contributed by atoms with E-state index in [0.29, 0.717) is 0 Å². The number of hydrogen-bond acceptors (Lipinski definition) is 3. The van der Waals surface area contributed by atoms with Gasteiger partial charge in [-0.05, 0) is 18.1 Å². The van der Waals surface area contributed by atoms with Crippen molar-refractivity contribution >= 4 is 5.91 Å². The Morgan fingerprint density at radius 3 is 2.80 bits per heavy atom. The fraction of sp³-hybridized carbons (Fsp3) is 0.364. The minimum absolute atomic E-state index is 0.0551. The molecule has 0 aromatic heterocycles. The summed E-state index contributed by atoms with van der Waals surface area (Å²) >= 11 is 0. The van der Waals surface area contributed by atoms with Crippen molar-refractivity contribution in [2.45, 2.75) is 13.0 Å². The normalized spacial score (nSPS) is 12.2. The molecule has 1 unspecified atom stereocenters. The lowest BCUT2D eigenvalue weighted by molar-refractivity contribution is -0.120. The van der Waals surface area contributed by atoms with Crippen LogP contribution in [-0.4, -0.2) is 24.1 Å². The van der Waals surface area contributed by atoms with E-state index < -0.39 is 6.10 Å². The molecule has 4 N–H and O–H groups in total. The second-order valence-corrected chi connectivity index (χ2v) is 3.38. The van der Waals surface area contributed by atoms with E-state index >= 15 is 0 Å². The number of hydrogen-bond donors (Lipinski definition) is 3. The molecule has 0 radical (unpaired) electrons. The van der Waals surface area contributed by atoms with Gasteiger partial charge in [-0.2, -0.15) is 0 Å². The number of aryl methyl sites for hydroxylation is 1. The quantitative estimate of drug-likeness (QED) is 0.657. The van der Waals surface area contributed by atoms with Crippen LogP contribution in [-0.2, 0) is 4.79 Å². The molecule has 0 saturated heterocycles. The maximum absolute atomic E-state index is 10.9. The molecule has 1 aromatic carbocycles. The highest BCUT2D eigenvalue weighted by Gasteiger charge is 2.10. The lowest BCUT2D eigenvalue weighted by Gasteiger charge is -2.13. The second kappa shape index (κ2) is 5.48. The summed E-state index contributed by atoms with van der Waals surface area (Å²) in [4.78, 5) is 10.9. The number of benzene rings is 1. The van der Waals surface area contributed by atoms with E-state index in [2.05, 4.69) is 5.32 Å². The van der Waals surface area contributed by atoms with Crippen molar-refractivity contribution < 1.29 is 9.90 Å². The number of nitrogens with two attached hydrogens (primary N) is 1.